The normalized spacial score (nSPS) is 12.2. The van der Waals surface area contributed by atoms with Crippen molar-refractivity contribution >= 4 is 23.3 Å². The van der Waals surface area contributed by atoms with Gasteiger partial charge in [-0.25, -0.2) is 4.79 Å². The average Bonchev–Trinajstić information content (AvgIpc) is 2.15. The Morgan fingerprint density at radius 2 is 2.21 bits per heavy atom. The number of carbonyl (C=O) groups is 1. The molecule has 1 rings (SSSR count). The van der Waals surface area contributed by atoms with Crippen LogP contribution < -0.4 is 4.90 Å². The summed E-state index contributed by atoms with van der Waals surface area (Å²) in [7, 11) is 1.73. The highest BCUT2D eigenvalue weighted by Gasteiger charge is 2.16. The fraction of sp³-hybridized carbons (Fsp3) is 0.300. The summed E-state index contributed by atoms with van der Waals surface area (Å²) in [5, 5.41) is 9.41. The van der Waals surface area contributed by atoms with Crippen molar-refractivity contribution in [3.05, 3.63) is 29.3 Å². The maximum absolute atomic E-state index is 10.7. The Labute approximate surface area is 87.9 Å². The van der Waals surface area contributed by atoms with Gasteiger partial charge in [0.15, 0.2) is 0 Å². The van der Waals surface area contributed by atoms with Gasteiger partial charge in [-0.15, -0.1) is 0 Å². The molecule has 0 saturated carbocycles. The van der Waals surface area contributed by atoms with Gasteiger partial charge in [-0.3, -0.25) is 0 Å². The van der Waals surface area contributed by atoms with Crippen LogP contribution in [0.2, 0.25) is 5.02 Å². The van der Waals surface area contributed by atoms with Crippen LogP contribution in [0.15, 0.2) is 24.3 Å². The molecule has 0 radical (unpaired) electrons. The molecule has 3 nitrogen and oxygen atoms in total. The first-order valence-electron chi connectivity index (χ1n) is 4.23. The summed E-state index contributed by atoms with van der Waals surface area (Å²) in [4.78, 5) is 12.4. The van der Waals surface area contributed by atoms with Crippen LogP contribution in [-0.4, -0.2) is 24.2 Å². The first kappa shape index (κ1) is 10.9. The summed E-state index contributed by atoms with van der Waals surface area (Å²) >= 11 is 5.80. The molecule has 14 heavy (non-hydrogen) atoms. The lowest BCUT2D eigenvalue weighted by Crippen LogP contribution is -2.35. The van der Waals surface area contributed by atoms with Crippen molar-refractivity contribution in [2.75, 3.05) is 11.9 Å². The van der Waals surface area contributed by atoms with Crippen molar-refractivity contribution in [1.29, 1.82) is 0 Å². The SMILES string of the molecule is C[C@H](C(=O)O)N(C)c1cccc(Cl)c1. The number of hydrogen-bond donors (Lipinski definition) is 1. The number of hydrogen-bond acceptors (Lipinski definition) is 2. The minimum absolute atomic E-state index is 0.562. The van der Waals surface area contributed by atoms with Gasteiger partial charge >= 0.3 is 5.97 Å². The zero-order valence-corrected chi connectivity index (χ0v) is 8.82. The number of nitrogens with zero attached hydrogens (tertiary/aromatic N) is 1. The maximum Gasteiger partial charge on any atom is 0.326 e. The van der Waals surface area contributed by atoms with Crippen molar-refractivity contribution in [1.82, 2.24) is 0 Å². The van der Waals surface area contributed by atoms with E-state index in [2.05, 4.69) is 0 Å². The minimum atomic E-state index is -0.854. The van der Waals surface area contributed by atoms with E-state index < -0.39 is 12.0 Å². The molecule has 0 aliphatic rings. The van der Waals surface area contributed by atoms with Gasteiger partial charge in [-0.1, -0.05) is 17.7 Å². The highest BCUT2D eigenvalue weighted by atomic mass is 35.5. The van der Waals surface area contributed by atoms with Crippen molar-refractivity contribution < 1.29 is 9.90 Å². The predicted molar refractivity (Wildman–Crippen MR) is 57.0 cm³/mol. The first-order chi connectivity index (χ1) is 6.52. The third-order valence-corrected chi connectivity index (χ3v) is 2.39. The van der Waals surface area contributed by atoms with Crippen LogP contribution in [0.1, 0.15) is 6.92 Å². The lowest BCUT2D eigenvalue weighted by Gasteiger charge is -2.23. The smallest absolute Gasteiger partial charge is 0.326 e. The van der Waals surface area contributed by atoms with Gasteiger partial charge in [0.2, 0.25) is 0 Å². The van der Waals surface area contributed by atoms with E-state index in [9.17, 15) is 4.79 Å². The zero-order valence-electron chi connectivity index (χ0n) is 8.07. The Hall–Kier alpha value is -1.22. The van der Waals surface area contributed by atoms with Gasteiger partial charge in [-0.2, -0.15) is 0 Å². The zero-order chi connectivity index (χ0) is 10.7. The molecule has 1 aromatic carbocycles. The summed E-state index contributed by atoms with van der Waals surface area (Å²) in [6.45, 7) is 1.63. The molecular formula is C10H12ClNO2. The van der Waals surface area contributed by atoms with Crippen molar-refractivity contribution in [3.63, 3.8) is 0 Å². The summed E-state index contributed by atoms with van der Waals surface area (Å²) < 4.78 is 0. The Kier molecular flexibility index (Phi) is 3.36. The Morgan fingerprint density at radius 1 is 1.57 bits per heavy atom. The van der Waals surface area contributed by atoms with E-state index in [1.165, 1.54) is 0 Å². The summed E-state index contributed by atoms with van der Waals surface area (Å²) in [6.07, 6.45) is 0. The van der Waals surface area contributed by atoms with Crippen LogP contribution in [0.5, 0.6) is 0 Å². The van der Waals surface area contributed by atoms with Crippen LogP contribution in [0.3, 0.4) is 0 Å². The summed E-state index contributed by atoms with van der Waals surface area (Å²) in [5.74, 6) is -0.854. The molecule has 0 bridgehead atoms. The first-order valence-corrected chi connectivity index (χ1v) is 4.61. The minimum Gasteiger partial charge on any atom is -0.480 e. The number of carboxylic acid groups (broad SMARTS) is 1. The highest BCUT2D eigenvalue weighted by molar-refractivity contribution is 6.30. The topological polar surface area (TPSA) is 40.5 Å². The van der Waals surface area contributed by atoms with E-state index in [-0.39, 0.29) is 0 Å². The molecule has 0 aliphatic heterocycles. The molecule has 0 heterocycles. The predicted octanol–water partition coefficient (Wildman–Crippen LogP) is 2.25. The molecule has 1 N–H and O–H groups in total. The fourth-order valence-corrected chi connectivity index (χ4v) is 1.27. The van der Waals surface area contributed by atoms with Gasteiger partial charge in [0.1, 0.15) is 6.04 Å². The Morgan fingerprint density at radius 3 is 2.71 bits per heavy atom. The molecule has 0 unspecified atom stereocenters. The molecule has 4 heteroatoms. The quantitative estimate of drug-likeness (QED) is 0.837. The third-order valence-electron chi connectivity index (χ3n) is 2.15. The molecule has 0 amide bonds. The van der Waals surface area contributed by atoms with Gasteiger partial charge in [0.05, 0.1) is 0 Å². The number of aliphatic carboxylic acids is 1. The van der Waals surface area contributed by atoms with Crippen LogP contribution in [0.4, 0.5) is 5.69 Å². The van der Waals surface area contributed by atoms with E-state index in [0.717, 1.165) is 5.69 Å². The Balaban J connectivity index is 2.89. The molecule has 0 aromatic heterocycles. The number of likely N-dealkylation sites (N-methyl/N-ethyl adjacent to an activating group) is 1. The molecular weight excluding hydrogens is 202 g/mol. The van der Waals surface area contributed by atoms with Crippen LogP contribution in [-0.2, 0) is 4.79 Å². The molecule has 0 fully saturated rings. The largest absolute Gasteiger partial charge is 0.480 e. The lowest BCUT2D eigenvalue weighted by atomic mass is 10.2. The second kappa shape index (κ2) is 4.33. The number of halogens is 1. The molecule has 0 aliphatic carbocycles. The van der Waals surface area contributed by atoms with Crippen molar-refractivity contribution in [2.45, 2.75) is 13.0 Å². The van der Waals surface area contributed by atoms with Crippen molar-refractivity contribution in [3.8, 4) is 0 Å². The van der Waals surface area contributed by atoms with E-state index in [4.69, 9.17) is 16.7 Å². The van der Waals surface area contributed by atoms with Gasteiger partial charge in [-0.05, 0) is 25.1 Å². The Bertz CT molecular complexity index is 341. The van der Waals surface area contributed by atoms with Gasteiger partial charge < -0.3 is 10.0 Å². The maximum atomic E-state index is 10.7. The number of rotatable bonds is 3. The summed E-state index contributed by atoms with van der Waals surface area (Å²) in [6, 6.07) is 6.55. The van der Waals surface area contributed by atoms with E-state index >= 15 is 0 Å². The molecule has 76 valence electrons. The van der Waals surface area contributed by atoms with Crippen LogP contribution in [0, 0.1) is 0 Å². The standard InChI is InChI=1S/C10H12ClNO2/c1-7(10(13)14)12(2)9-5-3-4-8(11)6-9/h3-7H,1-2H3,(H,13,14)/t7-/m1/s1. The second-order valence-electron chi connectivity index (χ2n) is 3.10. The van der Waals surface area contributed by atoms with Crippen LogP contribution >= 0.6 is 11.6 Å². The monoisotopic (exact) mass is 213 g/mol. The van der Waals surface area contributed by atoms with Crippen molar-refractivity contribution in [2.24, 2.45) is 0 Å². The third kappa shape index (κ3) is 2.39. The number of anilines is 1. The molecule has 0 saturated heterocycles. The molecule has 1 aromatic rings. The van der Waals surface area contributed by atoms with Gasteiger partial charge in [0.25, 0.3) is 0 Å². The second-order valence-corrected chi connectivity index (χ2v) is 3.54. The highest BCUT2D eigenvalue weighted by Crippen LogP contribution is 2.19. The average molecular weight is 214 g/mol. The number of carboxylic acids is 1. The summed E-state index contributed by atoms with van der Waals surface area (Å²) in [5.41, 5.74) is 0.799. The molecule has 0 spiro atoms. The van der Waals surface area contributed by atoms with E-state index in [0.29, 0.717) is 5.02 Å². The van der Waals surface area contributed by atoms with E-state index in [1.807, 2.05) is 6.07 Å². The molecule has 1 atom stereocenters. The van der Waals surface area contributed by atoms with Gasteiger partial charge in [0, 0.05) is 17.8 Å². The van der Waals surface area contributed by atoms with E-state index in [1.54, 1.807) is 37.1 Å². The number of benzene rings is 1. The van der Waals surface area contributed by atoms with Crippen LogP contribution in [0.25, 0.3) is 0 Å². The lowest BCUT2D eigenvalue weighted by molar-refractivity contribution is -0.138. The fourth-order valence-electron chi connectivity index (χ4n) is 1.08.